The first-order valence-corrected chi connectivity index (χ1v) is 7.20. The summed E-state index contributed by atoms with van der Waals surface area (Å²) in [5.74, 6) is 0.912. The number of hydrogen-bond donors (Lipinski definition) is 1. The zero-order valence-corrected chi connectivity index (χ0v) is 13.8. The van der Waals surface area contributed by atoms with Gasteiger partial charge in [0.25, 0.3) is 5.91 Å². The molecule has 0 unspecified atom stereocenters. The normalized spacial score (nSPS) is 10.1. The van der Waals surface area contributed by atoms with Crippen LogP contribution < -0.4 is 14.8 Å². The minimum absolute atomic E-state index is 0.295. The lowest BCUT2D eigenvalue weighted by Gasteiger charge is -2.11. The monoisotopic (exact) mass is 369 g/mol. The molecular formula is C15H13BrClNO3. The van der Waals surface area contributed by atoms with E-state index in [1.165, 1.54) is 0 Å². The van der Waals surface area contributed by atoms with Gasteiger partial charge in [-0.05, 0) is 46.3 Å². The number of rotatable bonds is 4. The third-order valence-electron chi connectivity index (χ3n) is 2.84. The van der Waals surface area contributed by atoms with Crippen molar-refractivity contribution in [1.29, 1.82) is 0 Å². The van der Waals surface area contributed by atoms with Crippen LogP contribution in [-0.2, 0) is 0 Å². The summed E-state index contributed by atoms with van der Waals surface area (Å²) in [6.07, 6.45) is 0. The Morgan fingerprint density at radius 1 is 1.10 bits per heavy atom. The van der Waals surface area contributed by atoms with Crippen LogP contribution in [0, 0.1) is 0 Å². The molecule has 6 heteroatoms. The predicted octanol–water partition coefficient (Wildman–Crippen LogP) is 4.37. The van der Waals surface area contributed by atoms with E-state index in [9.17, 15) is 4.79 Å². The average molecular weight is 371 g/mol. The maximum absolute atomic E-state index is 12.4. The van der Waals surface area contributed by atoms with Gasteiger partial charge in [-0.3, -0.25) is 4.79 Å². The molecule has 0 radical (unpaired) electrons. The summed E-state index contributed by atoms with van der Waals surface area (Å²) < 4.78 is 10.9. The molecular weight excluding hydrogens is 358 g/mol. The maximum atomic E-state index is 12.4. The lowest BCUT2D eigenvalue weighted by Crippen LogP contribution is -2.13. The van der Waals surface area contributed by atoms with E-state index >= 15 is 0 Å². The lowest BCUT2D eigenvalue weighted by molar-refractivity contribution is 0.102. The summed E-state index contributed by atoms with van der Waals surface area (Å²) >= 11 is 9.42. The third kappa shape index (κ3) is 3.68. The van der Waals surface area contributed by atoms with E-state index in [-0.39, 0.29) is 5.91 Å². The fourth-order valence-electron chi connectivity index (χ4n) is 1.72. The fourth-order valence-corrected chi connectivity index (χ4v) is 2.31. The van der Waals surface area contributed by atoms with E-state index in [4.69, 9.17) is 21.1 Å². The second-order valence-corrected chi connectivity index (χ2v) is 5.41. The third-order valence-corrected chi connectivity index (χ3v) is 3.86. The summed E-state index contributed by atoms with van der Waals surface area (Å²) in [6, 6.07) is 10.2. The summed E-state index contributed by atoms with van der Waals surface area (Å²) in [5.41, 5.74) is 0.934. The van der Waals surface area contributed by atoms with Gasteiger partial charge in [-0.15, -0.1) is 0 Å². The first kappa shape index (κ1) is 15.7. The van der Waals surface area contributed by atoms with Gasteiger partial charge >= 0.3 is 0 Å². The Morgan fingerprint density at radius 2 is 1.71 bits per heavy atom. The number of anilines is 1. The summed E-state index contributed by atoms with van der Waals surface area (Å²) in [7, 11) is 3.09. The van der Waals surface area contributed by atoms with Crippen LogP contribution in [0.5, 0.6) is 11.5 Å². The summed E-state index contributed by atoms with van der Waals surface area (Å²) in [6.45, 7) is 0. The van der Waals surface area contributed by atoms with Crippen molar-refractivity contribution in [3.8, 4) is 11.5 Å². The molecule has 0 spiro atoms. The highest BCUT2D eigenvalue weighted by molar-refractivity contribution is 9.10. The van der Waals surface area contributed by atoms with Gasteiger partial charge in [0.1, 0.15) is 11.5 Å². The van der Waals surface area contributed by atoms with E-state index in [0.29, 0.717) is 32.2 Å². The zero-order valence-electron chi connectivity index (χ0n) is 11.4. The molecule has 0 saturated carbocycles. The van der Waals surface area contributed by atoms with Crippen molar-refractivity contribution in [2.24, 2.45) is 0 Å². The van der Waals surface area contributed by atoms with Crippen molar-refractivity contribution in [1.82, 2.24) is 0 Å². The molecule has 2 aromatic carbocycles. The number of halogens is 2. The van der Waals surface area contributed by atoms with Gasteiger partial charge < -0.3 is 14.8 Å². The zero-order chi connectivity index (χ0) is 15.4. The molecule has 0 atom stereocenters. The lowest BCUT2D eigenvalue weighted by atomic mass is 10.2. The molecule has 2 rings (SSSR count). The van der Waals surface area contributed by atoms with Gasteiger partial charge in [0, 0.05) is 10.5 Å². The Kier molecular flexibility index (Phi) is 5.09. The van der Waals surface area contributed by atoms with Crippen molar-refractivity contribution < 1.29 is 14.3 Å². The highest BCUT2D eigenvalue weighted by Gasteiger charge is 2.13. The Balaban J connectivity index is 2.29. The van der Waals surface area contributed by atoms with Gasteiger partial charge in [-0.25, -0.2) is 0 Å². The van der Waals surface area contributed by atoms with Crippen LogP contribution in [0.2, 0.25) is 5.02 Å². The number of amides is 1. The molecule has 0 aliphatic heterocycles. The molecule has 21 heavy (non-hydrogen) atoms. The minimum Gasteiger partial charge on any atom is -0.497 e. The highest BCUT2D eigenvalue weighted by Crippen LogP contribution is 2.29. The van der Waals surface area contributed by atoms with E-state index in [1.807, 2.05) is 0 Å². The Morgan fingerprint density at radius 3 is 2.38 bits per heavy atom. The Hall–Kier alpha value is -1.72. The molecule has 0 heterocycles. The van der Waals surface area contributed by atoms with Crippen molar-refractivity contribution in [2.45, 2.75) is 0 Å². The molecule has 0 aliphatic carbocycles. The predicted molar refractivity (Wildman–Crippen MR) is 86.7 cm³/mol. The molecule has 110 valence electrons. The second kappa shape index (κ2) is 6.83. The summed E-state index contributed by atoms with van der Waals surface area (Å²) in [4.78, 5) is 12.4. The van der Waals surface area contributed by atoms with Gasteiger partial charge in [0.05, 0.1) is 30.5 Å². The van der Waals surface area contributed by atoms with Crippen LogP contribution in [0.1, 0.15) is 10.4 Å². The van der Waals surface area contributed by atoms with Crippen molar-refractivity contribution in [3.63, 3.8) is 0 Å². The quantitative estimate of drug-likeness (QED) is 0.869. The Labute approximate surface area is 136 Å². The van der Waals surface area contributed by atoms with Crippen molar-refractivity contribution >= 4 is 39.1 Å². The summed E-state index contributed by atoms with van der Waals surface area (Å²) in [5, 5.41) is 3.19. The van der Waals surface area contributed by atoms with Gasteiger partial charge in [-0.1, -0.05) is 11.6 Å². The first-order chi connectivity index (χ1) is 10.0. The van der Waals surface area contributed by atoms with Crippen LogP contribution >= 0.6 is 27.5 Å². The van der Waals surface area contributed by atoms with E-state index in [1.54, 1.807) is 50.6 Å². The molecule has 0 saturated heterocycles. The van der Waals surface area contributed by atoms with Crippen molar-refractivity contribution in [3.05, 3.63) is 51.5 Å². The average Bonchev–Trinajstić information content (AvgIpc) is 2.49. The van der Waals surface area contributed by atoms with Crippen LogP contribution in [-0.4, -0.2) is 20.1 Å². The maximum Gasteiger partial charge on any atom is 0.256 e. The van der Waals surface area contributed by atoms with E-state index in [0.717, 1.165) is 0 Å². The fraction of sp³-hybridized carbons (Fsp3) is 0.133. The number of carbonyl (C=O) groups is 1. The van der Waals surface area contributed by atoms with Crippen LogP contribution in [0.3, 0.4) is 0 Å². The largest absolute Gasteiger partial charge is 0.497 e. The first-order valence-electron chi connectivity index (χ1n) is 6.03. The topological polar surface area (TPSA) is 47.6 Å². The van der Waals surface area contributed by atoms with Gasteiger partial charge in [0.15, 0.2) is 0 Å². The van der Waals surface area contributed by atoms with Crippen LogP contribution in [0.25, 0.3) is 0 Å². The number of benzene rings is 2. The molecule has 0 bridgehead atoms. The van der Waals surface area contributed by atoms with E-state index < -0.39 is 0 Å². The molecule has 0 aromatic heterocycles. The number of nitrogens with one attached hydrogen (secondary N) is 1. The Bertz CT molecular complexity index is 676. The number of methoxy groups -OCH3 is 2. The number of carbonyl (C=O) groups excluding carboxylic acids is 1. The molecule has 4 nitrogen and oxygen atoms in total. The van der Waals surface area contributed by atoms with Crippen molar-refractivity contribution in [2.75, 3.05) is 19.5 Å². The number of ether oxygens (including phenoxy) is 2. The molecule has 0 fully saturated rings. The van der Waals surface area contributed by atoms with Crippen LogP contribution in [0.15, 0.2) is 40.9 Å². The standard InChI is InChI=1S/C15H13BrClNO3/c1-20-9-3-5-12(16)11(7-9)15(19)18-14-8-10(21-2)4-6-13(14)17/h3-8H,1-2H3,(H,18,19). The van der Waals surface area contributed by atoms with Gasteiger partial charge in [-0.2, -0.15) is 0 Å². The number of hydrogen-bond acceptors (Lipinski definition) is 3. The van der Waals surface area contributed by atoms with Crippen LogP contribution in [0.4, 0.5) is 5.69 Å². The SMILES string of the molecule is COc1ccc(Cl)c(NC(=O)c2cc(OC)ccc2Br)c1. The molecule has 2 aromatic rings. The molecule has 1 amide bonds. The van der Waals surface area contributed by atoms with E-state index in [2.05, 4.69) is 21.2 Å². The second-order valence-electron chi connectivity index (χ2n) is 4.15. The smallest absolute Gasteiger partial charge is 0.256 e. The highest BCUT2D eigenvalue weighted by atomic mass is 79.9. The van der Waals surface area contributed by atoms with Gasteiger partial charge in [0.2, 0.25) is 0 Å². The minimum atomic E-state index is -0.295. The molecule has 1 N–H and O–H groups in total. The molecule has 0 aliphatic rings.